The number of benzene rings is 2. The van der Waals surface area contributed by atoms with Crippen molar-refractivity contribution in [2.45, 2.75) is 25.5 Å². The lowest BCUT2D eigenvalue weighted by Gasteiger charge is -2.15. The van der Waals surface area contributed by atoms with Gasteiger partial charge in [-0.15, -0.1) is 0 Å². The molecule has 4 rings (SSSR count). The van der Waals surface area contributed by atoms with Crippen molar-refractivity contribution in [1.29, 1.82) is 0 Å². The van der Waals surface area contributed by atoms with E-state index in [0.717, 1.165) is 19.4 Å². The molecule has 0 spiro atoms. The monoisotopic (exact) mass is 430 g/mol. The Bertz CT molecular complexity index is 1090. The van der Waals surface area contributed by atoms with Crippen LogP contribution < -0.4 is 15.4 Å². The van der Waals surface area contributed by atoms with Gasteiger partial charge in [-0.25, -0.2) is 14.4 Å². The normalized spacial score (nSPS) is 15.9. The number of carbonyl (C=O) groups excluding carboxylic acids is 1. The molecule has 0 amide bonds. The van der Waals surface area contributed by atoms with Crippen molar-refractivity contribution >= 4 is 40.0 Å². The molecule has 7 nitrogen and oxygen atoms in total. The van der Waals surface area contributed by atoms with Crippen LogP contribution in [0.15, 0.2) is 36.7 Å². The number of aromatic nitrogens is 2. The first kappa shape index (κ1) is 20.3. The Balaban J connectivity index is 1.64. The number of halogens is 2. The molecule has 2 heterocycles. The van der Waals surface area contributed by atoms with Crippen molar-refractivity contribution in [2.24, 2.45) is 0 Å². The van der Waals surface area contributed by atoms with E-state index in [4.69, 9.17) is 21.1 Å². The van der Waals surface area contributed by atoms with E-state index in [-0.39, 0.29) is 29.3 Å². The minimum atomic E-state index is -0.572. The maximum Gasteiger partial charge on any atom is 0.323 e. The molecular weight excluding hydrogens is 411 g/mol. The lowest BCUT2D eigenvalue weighted by Crippen LogP contribution is -2.32. The van der Waals surface area contributed by atoms with Gasteiger partial charge in [0.1, 0.15) is 30.5 Å². The molecule has 2 aromatic carbocycles. The summed E-state index contributed by atoms with van der Waals surface area (Å²) in [6.07, 6.45) is 3.09. The highest BCUT2D eigenvalue weighted by molar-refractivity contribution is 6.31. The largest absolute Gasteiger partial charge is 0.496 e. The van der Waals surface area contributed by atoms with E-state index in [9.17, 15) is 9.18 Å². The molecule has 30 heavy (non-hydrogen) atoms. The van der Waals surface area contributed by atoms with E-state index in [2.05, 4.69) is 20.6 Å². The minimum absolute atomic E-state index is 0.00755. The van der Waals surface area contributed by atoms with Gasteiger partial charge in [-0.1, -0.05) is 17.7 Å². The minimum Gasteiger partial charge on any atom is -0.496 e. The molecule has 0 bridgehead atoms. The first-order chi connectivity index (χ1) is 14.6. The summed E-state index contributed by atoms with van der Waals surface area (Å²) >= 11 is 5.87. The third-order valence-corrected chi connectivity index (χ3v) is 5.25. The zero-order valence-corrected chi connectivity index (χ0v) is 17.0. The van der Waals surface area contributed by atoms with Gasteiger partial charge in [0, 0.05) is 17.0 Å². The Morgan fingerprint density at radius 2 is 2.23 bits per heavy atom. The van der Waals surface area contributed by atoms with Crippen molar-refractivity contribution in [3.63, 3.8) is 0 Å². The number of hydrogen-bond acceptors (Lipinski definition) is 7. The second-order valence-corrected chi connectivity index (χ2v) is 7.29. The Morgan fingerprint density at radius 3 is 3.00 bits per heavy atom. The number of esters is 1. The van der Waals surface area contributed by atoms with Crippen molar-refractivity contribution in [3.8, 4) is 5.75 Å². The van der Waals surface area contributed by atoms with Crippen LogP contribution in [0.1, 0.15) is 18.4 Å². The molecule has 9 heteroatoms. The highest BCUT2D eigenvalue weighted by Gasteiger charge is 2.24. The molecule has 1 aliphatic heterocycles. The standard InChI is InChI=1S/C21H20ClFN4O3/c1-29-18-9-17-13(8-12(18)10-30-21(28)16-6-3-7-24-16)20(26-11-25-17)27-15-5-2-4-14(22)19(15)23/h2,4-5,8-9,11,16,24H,3,6-7,10H2,1H3,(H,25,26,27)/t16-/m1/s1. The van der Waals surface area contributed by atoms with E-state index in [1.807, 2.05) is 0 Å². The Morgan fingerprint density at radius 1 is 1.37 bits per heavy atom. The van der Waals surface area contributed by atoms with Crippen LogP contribution in [0.4, 0.5) is 15.9 Å². The molecule has 0 unspecified atom stereocenters. The highest BCUT2D eigenvalue weighted by atomic mass is 35.5. The molecule has 2 N–H and O–H groups in total. The van der Waals surface area contributed by atoms with Gasteiger partial charge in [-0.3, -0.25) is 4.79 Å². The SMILES string of the molecule is COc1cc2ncnc(Nc3cccc(Cl)c3F)c2cc1COC(=O)[C@H]1CCCN1. The molecule has 0 saturated carbocycles. The van der Waals surface area contributed by atoms with E-state index >= 15 is 0 Å². The van der Waals surface area contributed by atoms with Crippen molar-refractivity contribution in [3.05, 3.63) is 53.1 Å². The van der Waals surface area contributed by atoms with E-state index in [1.54, 1.807) is 24.3 Å². The van der Waals surface area contributed by atoms with Crippen molar-refractivity contribution in [1.82, 2.24) is 15.3 Å². The molecule has 156 valence electrons. The topological polar surface area (TPSA) is 85.4 Å². The van der Waals surface area contributed by atoms with Gasteiger partial charge < -0.3 is 20.1 Å². The number of anilines is 2. The third-order valence-electron chi connectivity index (χ3n) is 4.96. The summed E-state index contributed by atoms with van der Waals surface area (Å²) in [7, 11) is 1.53. The fourth-order valence-corrected chi connectivity index (χ4v) is 3.57. The fraction of sp³-hybridized carbons (Fsp3) is 0.286. The average molecular weight is 431 g/mol. The summed E-state index contributed by atoms with van der Waals surface area (Å²) in [6.45, 7) is 0.849. The summed E-state index contributed by atoms with van der Waals surface area (Å²) in [6, 6.07) is 7.90. The van der Waals surface area contributed by atoms with Gasteiger partial charge in [-0.2, -0.15) is 0 Å². The third kappa shape index (κ3) is 4.15. The average Bonchev–Trinajstić information content (AvgIpc) is 3.30. The first-order valence-electron chi connectivity index (χ1n) is 9.49. The number of methoxy groups -OCH3 is 1. The zero-order valence-electron chi connectivity index (χ0n) is 16.2. The van der Waals surface area contributed by atoms with Crippen LogP contribution in [0.25, 0.3) is 10.9 Å². The van der Waals surface area contributed by atoms with E-state index in [0.29, 0.717) is 28.0 Å². The molecule has 1 fully saturated rings. The first-order valence-corrected chi connectivity index (χ1v) is 9.87. The van der Waals surface area contributed by atoms with Gasteiger partial charge in [0.25, 0.3) is 0 Å². The summed E-state index contributed by atoms with van der Waals surface area (Å²) in [5.41, 5.74) is 1.44. The number of hydrogen-bond donors (Lipinski definition) is 2. The Hall–Kier alpha value is -2.97. The van der Waals surface area contributed by atoms with Gasteiger partial charge in [-0.05, 0) is 37.6 Å². The number of rotatable bonds is 6. The smallest absolute Gasteiger partial charge is 0.323 e. The fourth-order valence-electron chi connectivity index (χ4n) is 3.39. The molecule has 1 aromatic heterocycles. The van der Waals surface area contributed by atoms with Crippen LogP contribution in [-0.2, 0) is 16.1 Å². The molecule has 1 saturated heterocycles. The van der Waals surface area contributed by atoms with Crippen LogP contribution in [0.2, 0.25) is 5.02 Å². The lowest BCUT2D eigenvalue weighted by atomic mass is 10.1. The number of fused-ring (bicyclic) bond motifs is 1. The number of carbonyl (C=O) groups is 1. The number of nitrogens with one attached hydrogen (secondary N) is 2. The molecule has 0 aliphatic carbocycles. The van der Waals surface area contributed by atoms with Gasteiger partial charge in [0.2, 0.25) is 0 Å². The van der Waals surface area contributed by atoms with Gasteiger partial charge in [0.15, 0.2) is 5.82 Å². The number of nitrogens with zero attached hydrogens (tertiary/aromatic N) is 2. The molecule has 1 aliphatic rings. The van der Waals surface area contributed by atoms with Crippen LogP contribution in [0.3, 0.4) is 0 Å². The van der Waals surface area contributed by atoms with Crippen LogP contribution in [0.5, 0.6) is 5.75 Å². The van der Waals surface area contributed by atoms with Crippen LogP contribution in [-0.4, -0.2) is 35.6 Å². The van der Waals surface area contributed by atoms with Gasteiger partial charge in [0.05, 0.1) is 23.3 Å². The number of ether oxygens (including phenoxy) is 2. The summed E-state index contributed by atoms with van der Waals surface area (Å²) in [4.78, 5) is 20.7. The molecule has 0 radical (unpaired) electrons. The van der Waals surface area contributed by atoms with Crippen LogP contribution in [0, 0.1) is 5.82 Å². The maximum atomic E-state index is 14.3. The Kier molecular flexibility index (Phi) is 5.96. The van der Waals surface area contributed by atoms with Gasteiger partial charge >= 0.3 is 5.97 Å². The molecule has 3 aromatic rings. The summed E-state index contributed by atoms with van der Waals surface area (Å²) < 4.78 is 25.2. The molecular formula is C21H20ClFN4O3. The quantitative estimate of drug-likeness (QED) is 0.572. The Labute approximate surface area is 177 Å². The lowest BCUT2D eigenvalue weighted by molar-refractivity contribution is -0.147. The van der Waals surface area contributed by atoms with Crippen LogP contribution >= 0.6 is 11.6 Å². The highest BCUT2D eigenvalue weighted by Crippen LogP contribution is 2.32. The maximum absolute atomic E-state index is 14.3. The zero-order chi connectivity index (χ0) is 21.1. The summed E-state index contributed by atoms with van der Waals surface area (Å²) in [5.74, 6) is 0.0677. The molecule has 1 atom stereocenters. The summed E-state index contributed by atoms with van der Waals surface area (Å²) in [5, 5.41) is 6.71. The predicted octanol–water partition coefficient (Wildman–Crippen LogP) is 3.97. The van der Waals surface area contributed by atoms with Crippen molar-refractivity contribution < 1.29 is 18.7 Å². The van der Waals surface area contributed by atoms with E-state index in [1.165, 1.54) is 19.5 Å². The second kappa shape index (κ2) is 8.81. The second-order valence-electron chi connectivity index (χ2n) is 6.89. The van der Waals surface area contributed by atoms with E-state index < -0.39 is 5.82 Å². The van der Waals surface area contributed by atoms with Crippen molar-refractivity contribution in [2.75, 3.05) is 19.0 Å². The predicted molar refractivity (Wildman–Crippen MR) is 112 cm³/mol.